The minimum absolute atomic E-state index is 0.279. The summed E-state index contributed by atoms with van der Waals surface area (Å²) in [5.41, 5.74) is 1.16. The van der Waals surface area contributed by atoms with E-state index >= 15 is 0 Å². The smallest absolute Gasteiger partial charge is 0.425 e. The molecule has 2 heterocycles. The zero-order chi connectivity index (χ0) is 24.6. The molecule has 4 rings (SSSR count). The molecule has 0 aliphatic heterocycles. The van der Waals surface area contributed by atoms with Crippen molar-refractivity contribution in [3.63, 3.8) is 0 Å². The largest absolute Gasteiger partial charge is 0.495 e. The normalized spacial score (nSPS) is 11.8. The van der Waals surface area contributed by atoms with Crippen LogP contribution >= 0.6 is 22.7 Å². The van der Waals surface area contributed by atoms with Crippen LogP contribution in [-0.2, 0) is 12.4 Å². The van der Waals surface area contributed by atoms with E-state index < -0.39 is 22.1 Å². The first kappa shape index (κ1) is 24.7. The number of nitriles is 1. The summed E-state index contributed by atoms with van der Waals surface area (Å²) in [6, 6.07) is 10.4. The van der Waals surface area contributed by atoms with E-state index in [-0.39, 0.29) is 5.56 Å². The van der Waals surface area contributed by atoms with Crippen LogP contribution in [0, 0.1) is 18.3 Å². The van der Waals surface area contributed by atoms with Crippen molar-refractivity contribution < 1.29 is 35.8 Å². The molecule has 0 aliphatic carbocycles. The number of hydrogen-bond donors (Lipinski definition) is 0. The van der Waals surface area contributed by atoms with E-state index in [1.165, 1.54) is 26.4 Å². The highest BCUT2D eigenvalue weighted by atomic mass is 32.1. The van der Waals surface area contributed by atoms with Gasteiger partial charge in [0.15, 0.2) is 0 Å². The van der Waals surface area contributed by atoms with Gasteiger partial charge in [0, 0.05) is 0 Å². The predicted octanol–water partition coefficient (Wildman–Crippen LogP) is 8.04. The first-order valence-corrected chi connectivity index (χ1v) is 10.7. The summed E-state index contributed by atoms with van der Waals surface area (Å²) in [6.07, 6.45) is -8.66. The minimum atomic E-state index is -4.37. The molecule has 0 bridgehead atoms. The van der Waals surface area contributed by atoms with Gasteiger partial charge in [-0.3, -0.25) is 0 Å². The van der Waals surface area contributed by atoms with Crippen molar-refractivity contribution in [1.29, 1.82) is 5.26 Å². The van der Waals surface area contributed by atoms with Crippen LogP contribution in [0.2, 0.25) is 0 Å². The van der Waals surface area contributed by atoms with Gasteiger partial charge in [0.05, 0.1) is 35.3 Å². The lowest BCUT2D eigenvalue weighted by molar-refractivity contribution is -0.135. The summed E-state index contributed by atoms with van der Waals surface area (Å²) in [7, 11) is 2.82. The third-order valence-electron chi connectivity index (χ3n) is 4.44. The molecule has 0 aliphatic rings. The number of hydrogen-bond acceptors (Lipinski definition) is 5. The fourth-order valence-corrected chi connectivity index (χ4v) is 5.03. The number of thiophene rings is 2. The van der Waals surface area contributed by atoms with Crippen molar-refractivity contribution >= 4 is 42.8 Å². The first-order valence-electron chi connectivity index (χ1n) is 9.11. The van der Waals surface area contributed by atoms with Gasteiger partial charge in [-0.15, -0.1) is 22.7 Å². The second kappa shape index (κ2) is 9.11. The number of aryl methyl sites for hydroxylation is 1. The molecule has 0 unspecified atom stereocenters. The van der Waals surface area contributed by atoms with Crippen LogP contribution in [0.3, 0.4) is 0 Å². The zero-order valence-electron chi connectivity index (χ0n) is 17.3. The van der Waals surface area contributed by atoms with E-state index in [1.54, 1.807) is 12.1 Å². The third-order valence-corrected chi connectivity index (χ3v) is 6.86. The molecule has 0 radical (unpaired) electrons. The highest BCUT2D eigenvalue weighted by Crippen LogP contribution is 2.43. The zero-order valence-corrected chi connectivity index (χ0v) is 18.9. The summed E-state index contributed by atoms with van der Waals surface area (Å²) in [6.45, 7) is 1.83. The van der Waals surface area contributed by atoms with E-state index in [2.05, 4.69) is 0 Å². The monoisotopic (exact) mass is 503 g/mol. The lowest BCUT2D eigenvalue weighted by Crippen LogP contribution is -2.00. The van der Waals surface area contributed by atoms with Crippen LogP contribution in [0.4, 0.5) is 26.3 Å². The van der Waals surface area contributed by atoms with Crippen molar-refractivity contribution in [1.82, 2.24) is 0 Å². The van der Waals surface area contributed by atoms with Gasteiger partial charge in [-0.25, -0.2) is 0 Å². The Kier molecular flexibility index (Phi) is 6.81. The van der Waals surface area contributed by atoms with Crippen molar-refractivity contribution in [2.45, 2.75) is 19.3 Å². The van der Waals surface area contributed by atoms with Crippen LogP contribution in [-0.4, -0.2) is 14.2 Å². The molecule has 2 aromatic heterocycles. The number of alkyl halides is 6. The van der Waals surface area contributed by atoms with Crippen LogP contribution in [0.5, 0.6) is 11.5 Å². The number of nitrogens with zero attached hydrogens (tertiary/aromatic N) is 1. The highest BCUT2D eigenvalue weighted by Gasteiger charge is 2.34. The van der Waals surface area contributed by atoms with E-state index in [1.807, 2.05) is 13.0 Å². The van der Waals surface area contributed by atoms with Crippen LogP contribution < -0.4 is 9.47 Å². The van der Waals surface area contributed by atoms with Crippen LogP contribution in [0.15, 0.2) is 36.4 Å². The molecule has 11 heteroatoms. The average molecular weight is 503 g/mol. The number of benzene rings is 2. The quantitative estimate of drug-likeness (QED) is 0.260. The van der Waals surface area contributed by atoms with Gasteiger partial charge < -0.3 is 9.47 Å². The Morgan fingerprint density at radius 3 is 1.61 bits per heavy atom. The standard InChI is InChI=1S/C11H6F3NOS.C11H9F3OS/c1-16-8-3-6(5-15)2-7-4-9(11(12,13)14)17-10(7)8;1-6-3-7-5-9(11(12,13)14)16-10(7)8(4-6)15-2/h2-4H,1H3;3-5H,1-2H3. The Bertz CT molecular complexity index is 1350. The van der Waals surface area contributed by atoms with Crippen molar-refractivity contribution in [3.05, 3.63) is 57.3 Å². The second-order valence-electron chi connectivity index (χ2n) is 6.81. The van der Waals surface area contributed by atoms with Crippen molar-refractivity contribution in [2.75, 3.05) is 14.2 Å². The van der Waals surface area contributed by atoms with Gasteiger partial charge in [0.2, 0.25) is 0 Å². The molecular formula is C22H15F6NO2S2. The topological polar surface area (TPSA) is 42.2 Å². The van der Waals surface area contributed by atoms with Crippen molar-refractivity contribution in [3.8, 4) is 17.6 Å². The SMILES string of the molecule is COc1cc(C#N)cc2cc(C(F)(F)F)sc12.COc1cc(C)cc2cc(C(F)(F)F)sc12. The summed E-state index contributed by atoms with van der Waals surface area (Å²) in [5, 5.41) is 9.71. The van der Waals surface area contributed by atoms with Crippen LogP contribution in [0.25, 0.3) is 20.2 Å². The van der Waals surface area contributed by atoms with Gasteiger partial charge in [0.1, 0.15) is 21.3 Å². The Morgan fingerprint density at radius 1 is 0.727 bits per heavy atom. The van der Waals surface area contributed by atoms with E-state index in [9.17, 15) is 26.3 Å². The fourth-order valence-electron chi connectivity index (χ4n) is 3.03. The molecular weight excluding hydrogens is 488 g/mol. The molecule has 0 saturated heterocycles. The van der Waals surface area contributed by atoms with Crippen molar-refractivity contribution in [2.24, 2.45) is 0 Å². The molecule has 33 heavy (non-hydrogen) atoms. The van der Waals surface area contributed by atoms with Gasteiger partial charge in [-0.2, -0.15) is 31.6 Å². The predicted molar refractivity (Wildman–Crippen MR) is 116 cm³/mol. The fraction of sp³-hybridized carbons (Fsp3) is 0.227. The number of fused-ring (bicyclic) bond motifs is 2. The number of ether oxygens (including phenoxy) is 2. The van der Waals surface area contributed by atoms with E-state index in [0.717, 1.165) is 17.7 Å². The summed E-state index contributed by atoms with van der Waals surface area (Å²) in [5.74, 6) is 0.787. The molecule has 0 atom stereocenters. The van der Waals surface area contributed by atoms with Crippen LogP contribution in [0.1, 0.15) is 20.9 Å². The molecule has 174 valence electrons. The van der Waals surface area contributed by atoms with E-state index in [0.29, 0.717) is 54.3 Å². The lowest BCUT2D eigenvalue weighted by Gasteiger charge is -2.02. The Labute approximate surface area is 192 Å². The summed E-state index contributed by atoms with van der Waals surface area (Å²) in [4.78, 5) is -1.28. The molecule has 0 saturated carbocycles. The molecule has 0 N–H and O–H groups in total. The number of rotatable bonds is 2. The lowest BCUT2D eigenvalue weighted by atomic mass is 10.1. The van der Waals surface area contributed by atoms with Gasteiger partial charge in [-0.1, -0.05) is 6.07 Å². The summed E-state index contributed by atoms with van der Waals surface area (Å²) < 4.78 is 86.3. The Morgan fingerprint density at radius 2 is 1.18 bits per heavy atom. The maximum atomic E-state index is 12.5. The third kappa shape index (κ3) is 5.34. The molecule has 2 aromatic carbocycles. The Hall–Kier alpha value is -2.97. The maximum absolute atomic E-state index is 12.5. The molecule has 0 amide bonds. The maximum Gasteiger partial charge on any atom is 0.425 e. The molecule has 3 nitrogen and oxygen atoms in total. The molecule has 4 aromatic rings. The average Bonchev–Trinajstić information content (AvgIpc) is 3.36. The van der Waals surface area contributed by atoms with E-state index in [4.69, 9.17) is 14.7 Å². The number of halogens is 6. The van der Waals surface area contributed by atoms with Gasteiger partial charge in [-0.05, 0) is 53.6 Å². The highest BCUT2D eigenvalue weighted by molar-refractivity contribution is 7.19. The van der Waals surface area contributed by atoms with Gasteiger partial charge in [0.25, 0.3) is 0 Å². The minimum Gasteiger partial charge on any atom is -0.495 e. The van der Waals surface area contributed by atoms with Gasteiger partial charge >= 0.3 is 12.4 Å². The molecule has 0 fully saturated rings. The first-order chi connectivity index (χ1) is 15.4. The summed E-state index contributed by atoms with van der Waals surface area (Å²) >= 11 is 1.33. The molecule has 0 spiro atoms. The Balaban J connectivity index is 0.000000186. The second-order valence-corrected chi connectivity index (χ2v) is 8.92. The number of methoxy groups -OCH3 is 2.